The van der Waals surface area contributed by atoms with Gasteiger partial charge in [-0.05, 0) is 28.1 Å². The molecule has 0 radical (unpaired) electrons. The molecule has 0 saturated carbocycles. The van der Waals surface area contributed by atoms with Crippen LogP contribution >= 0.6 is 15.9 Å². The molecular formula is C9H7BrN2O2. The van der Waals surface area contributed by atoms with Crippen LogP contribution in [0.2, 0.25) is 0 Å². The summed E-state index contributed by atoms with van der Waals surface area (Å²) in [5.74, 6) is -0.232. The Morgan fingerprint density at radius 3 is 2.71 bits per heavy atom. The molecule has 1 amide bonds. The van der Waals surface area contributed by atoms with Crippen molar-refractivity contribution in [3.8, 4) is 11.8 Å². The third-order valence-corrected chi connectivity index (χ3v) is 2.33. The van der Waals surface area contributed by atoms with Crippen molar-refractivity contribution in [1.82, 2.24) is 0 Å². The van der Waals surface area contributed by atoms with E-state index in [1.165, 1.54) is 19.2 Å². The van der Waals surface area contributed by atoms with Crippen molar-refractivity contribution >= 4 is 21.8 Å². The topological polar surface area (TPSA) is 76.1 Å². The van der Waals surface area contributed by atoms with Crippen LogP contribution in [0.4, 0.5) is 0 Å². The van der Waals surface area contributed by atoms with Crippen molar-refractivity contribution in [2.45, 2.75) is 0 Å². The number of nitrogens with zero attached hydrogens (tertiary/aromatic N) is 1. The number of nitrogens with two attached hydrogens (primary N) is 1. The highest BCUT2D eigenvalue weighted by atomic mass is 79.9. The van der Waals surface area contributed by atoms with E-state index in [4.69, 9.17) is 15.7 Å². The van der Waals surface area contributed by atoms with Crippen molar-refractivity contribution in [3.05, 3.63) is 27.7 Å². The molecule has 0 bridgehead atoms. The smallest absolute Gasteiger partial charge is 0.249 e. The average Bonchev–Trinajstić information content (AvgIpc) is 2.16. The lowest BCUT2D eigenvalue weighted by Crippen LogP contribution is -2.12. The van der Waals surface area contributed by atoms with Crippen LogP contribution in [-0.4, -0.2) is 13.0 Å². The summed E-state index contributed by atoms with van der Waals surface area (Å²) in [7, 11) is 1.43. The number of carbonyl (C=O) groups is 1. The number of carbonyl (C=O) groups excluding carboxylic acids is 1. The lowest BCUT2D eigenvalue weighted by Gasteiger charge is -2.05. The molecule has 14 heavy (non-hydrogen) atoms. The van der Waals surface area contributed by atoms with Gasteiger partial charge in [0.05, 0.1) is 18.2 Å². The fourth-order valence-corrected chi connectivity index (χ4v) is 1.54. The molecule has 0 aliphatic rings. The fourth-order valence-electron chi connectivity index (χ4n) is 0.998. The van der Waals surface area contributed by atoms with Gasteiger partial charge in [0.15, 0.2) is 0 Å². The molecular weight excluding hydrogens is 248 g/mol. The van der Waals surface area contributed by atoms with Gasteiger partial charge in [0.1, 0.15) is 11.8 Å². The lowest BCUT2D eigenvalue weighted by atomic mass is 10.1. The molecule has 5 heteroatoms. The zero-order chi connectivity index (χ0) is 10.7. The Hall–Kier alpha value is -1.54. The number of ether oxygens (including phenoxy) is 1. The molecule has 2 N–H and O–H groups in total. The molecule has 4 nitrogen and oxygen atoms in total. The Bertz CT molecular complexity index is 424. The van der Waals surface area contributed by atoms with E-state index in [2.05, 4.69) is 15.9 Å². The number of benzene rings is 1. The summed E-state index contributed by atoms with van der Waals surface area (Å²) in [6, 6.07) is 4.88. The van der Waals surface area contributed by atoms with E-state index in [0.717, 1.165) is 0 Å². The highest BCUT2D eigenvalue weighted by Crippen LogP contribution is 2.26. The molecule has 1 aromatic rings. The van der Waals surface area contributed by atoms with Gasteiger partial charge in [-0.3, -0.25) is 4.79 Å². The Balaban J connectivity index is 3.39. The zero-order valence-electron chi connectivity index (χ0n) is 7.37. The molecule has 0 unspecified atom stereocenters. The number of primary amides is 1. The SMILES string of the molecule is COc1cc(C(N)=O)c(Br)cc1C#N. The summed E-state index contributed by atoms with van der Waals surface area (Å²) in [5.41, 5.74) is 5.77. The Labute approximate surface area is 89.4 Å². The predicted molar refractivity (Wildman–Crippen MR) is 53.9 cm³/mol. The second-order valence-corrected chi connectivity index (χ2v) is 3.36. The third kappa shape index (κ3) is 1.86. The van der Waals surface area contributed by atoms with Crippen molar-refractivity contribution in [2.24, 2.45) is 5.73 Å². The summed E-state index contributed by atoms with van der Waals surface area (Å²) < 4.78 is 5.42. The van der Waals surface area contributed by atoms with Crippen molar-refractivity contribution in [1.29, 1.82) is 5.26 Å². The molecule has 0 fully saturated rings. The molecule has 1 aromatic carbocycles. The Kier molecular flexibility index (Phi) is 3.10. The van der Waals surface area contributed by atoms with Gasteiger partial charge in [0.25, 0.3) is 0 Å². The number of methoxy groups -OCH3 is 1. The molecule has 0 heterocycles. The van der Waals surface area contributed by atoms with E-state index in [1.807, 2.05) is 6.07 Å². The van der Waals surface area contributed by atoms with Crippen LogP contribution in [0.3, 0.4) is 0 Å². The van der Waals surface area contributed by atoms with Gasteiger partial charge >= 0.3 is 0 Å². The third-order valence-electron chi connectivity index (χ3n) is 1.68. The largest absolute Gasteiger partial charge is 0.495 e. The first-order valence-corrected chi connectivity index (χ1v) is 4.47. The van der Waals surface area contributed by atoms with Gasteiger partial charge < -0.3 is 10.5 Å². The van der Waals surface area contributed by atoms with Crippen LogP contribution in [0.15, 0.2) is 16.6 Å². The standard InChI is InChI=1S/C9H7BrN2O2/c1-14-8-3-6(9(12)13)7(10)2-5(8)4-11/h2-3H,1H3,(H2,12,13). The number of halogens is 1. The van der Waals surface area contributed by atoms with Gasteiger partial charge in [-0.15, -0.1) is 0 Å². The van der Waals surface area contributed by atoms with E-state index in [0.29, 0.717) is 21.3 Å². The highest BCUT2D eigenvalue weighted by Gasteiger charge is 2.11. The van der Waals surface area contributed by atoms with Gasteiger partial charge in [0, 0.05) is 4.47 Å². The van der Waals surface area contributed by atoms with Crippen LogP contribution in [-0.2, 0) is 0 Å². The summed E-state index contributed by atoms with van der Waals surface area (Å²) in [6.07, 6.45) is 0. The van der Waals surface area contributed by atoms with Gasteiger partial charge in [-0.25, -0.2) is 0 Å². The summed E-state index contributed by atoms with van der Waals surface area (Å²) in [5, 5.41) is 8.74. The van der Waals surface area contributed by atoms with E-state index in [-0.39, 0.29) is 0 Å². The van der Waals surface area contributed by atoms with Crippen molar-refractivity contribution in [3.63, 3.8) is 0 Å². The molecule has 0 aliphatic heterocycles. The number of nitriles is 1. The first-order chi connectivity index (χ1) is 6.60. The van der Waals surface area contributed by atoms with E-state index in [1.54, 1.807) is 0 Å². The van der Waals surface area contributed by atoms with Crippen molar-refractivity contribution in [2.75, 3.05) is 7.11 Å². The van der Waals surface area contributed by atoms with Gasteiger partial charge in [-0.1, -0.05) is 0 Å². The van der Waals surface area contributed by atoms with Crippen LogP contribution in [0.1, 0.15) is 15.9 Å². The van der Waals surface area contributed by atoms with Gasteiger partial charge in [-0.2, -0.15) is 5.26 Å². The molecule has 0 saturated heterocycles. The maximum absolute atomic E-state index is 10.9. The van der Waals surface area contributed by atoms with E-state index in [9.17, 15) is 4.79 Å². The van der Waals surface area contributed by atoms with Crippen LogP contribution < -0.4 is 10.5 Å². The fraction of sp³-hybridized carbons (Fsp3) is 0.111. The summed E-state index contributed by atoms with van der Waals surface area (Å²) >= 11 is 3.14. The number of rotatable bonds is 2. The molecule has 0 aliphatic carbocycles. The monoisotopic (exact) mass is 254 g/mol. The van der Waals surface area contributed by atoms with E-state index < -0.39 is 5.91 Å². The van der Waals surface area contributed by atoms with Crippen LogP contribution in [0.25, 0.3) is 0 Å². The quantitative estimate of drug-likeness (QED) is 0.868. The Morgan fingerprint density at radius 1 is 1.64 bits per heavy atom. The second kappa shape index (κ2) is 4.11. The minimum atomic E-state index is -0.570. The zero-order valence-corrected chi connectivity index (χ0v) is 8.96. The number of hydrogen-bond donors (Lipinski definition) is 1. The second-order valence-electron chi connectivity index (χ2n) is 2.51. The molecule has 0 atom stereocenters. The van der Waals surface area contributed by atoms with Gasteiger partial charge in [0.2, 0.25) is 5.91 Å². The van der Waals surface area contributed by atoms with Crippen molar-refractivity contribution < 1.29 is 9.53 Å². The minimum Gasteiger partial charge on any atom is -0.495 e. The summed E-state index contributed by atoms with van der Waals surface area (Å²) in [6.45, 7) is 0. The molecule has 72 valence electrons. The molecule has 0 spiro atoms. The number of hydrogen-bond acceptors (Lipinski definition) is 3. The van der Waals surface area contributed by atoms with Crippen LogP contribution in [0.5, 0.6) is 5.75 Å². The average molecular weight is 255 g/mol. The summed E-state index contributed by atoms with van der Waals surface area (Å²) in [4.78, 5) is 10.9. The first-order valence-electron chi connectivity index (χ1n) is 3.67. The highest BCUT2D eigenvalue weighted by molar-refractivity contribution is 9.10. The lowest BCUT2D eigenvalue weighted by molar-refractivity contribution is 0.0999. The number of amides is 1. The Morgan fingerprint density at radius 2 is 2.29 bits per heavy atom. The predicted octanol–water partition coefficient (Wildman–Crippen LogP) is 1.43. The van der Waals surface area contributed by atoms with Crippen LogP contribution in [0, 0.1) is 11.3 Å². The maximum atomic E-state index is 10.9. The first kappa shape index (κ1) is 10.5. The maximum Gasteiger partial charge on any atom is 0.249 e. The molecule has 0 aromatic heterocycles. The normalized spacial score (nSPS) is 9.21. The van der Waals surface area contributed by atoms with E-state index >= 15 is 0 Å². The minimum absolute atomic E-state index is 0.292. The molecule has 1 rings (SSSR count).